The van der Waals surface area contributed by atoms with Gasteiger partial charge in [-0.3, -0.25) is 29.6 Å². The molecule has 1 saturated carbocycles. The molecule has 1 aliphatic carbocycles. The number of piperidine rings is 2. The number of benzene rings is 1. The van der Waals surface area contributed by atoms with Gasteiger partial charge in [-0.2, -0.15) is 0 Å². The third-order valence-electron chi connectivity index (χ3n) is 7.71. The molecule has 170 valence electrons. The Kier molecular flexibility index (Phi) is 4.81. The molecule has 4 aliphatic rings. The fourth-order valence-corrected chi connectivity index (χ4v) is 5.86. The standard InChI is InChI=1S/C25H26N4O4/c30-13-20-18-11-28(12-19(18)20)9-14-5-6-26-21(7-14)15-1-2-17-16(8-15)10-29(25(17)33)22-3-4-23(31)27-24(22)32/h1-2,5-8,18-20,22,30H,3-4,9-13H2,(H,27,31,32). The topological polar surface area (TPSA) is 103 Å². The minimum absolute atomic E-state index is 0.165. The highest BCUT2D eigenvalue weighted by molar-refractivity contribution is 6.05. The second kappa shape index (κ2) is 7.74. The summed E-state index contributed by atoms with van der Waals surface area (Å²) in [7, 11) is 0. The molecule has 0 bridgehead atoms. The number of carbonyl (C=O) groups is 3. The molecule has 8 nitrogen and oxygen atoms in total. The van der Waals surface area contributed by atoms with Crippen molar-refractivity contribution in [2.75, 3.05) is 19.7 Å². The summed E-state index contributed by atoms with van der Waals surface area (Å²) in [5.41, 5.74) is 4.49. The summed E-state index contributed by atoms with van der Waals surface area (Å²) in [6, 6.07) is 9.25. The smallest absolute Gasteiger partial charge is 0.255 e. The lowest BCUT2D eigenvalue weighted by atomic mass is 10.0. The highest BCUT2D eigenvalue weighted by atomic mass is 16.3. The van der Waals surface area contributed by atoms with E-state index < -0.39 is 11.9 Å². The number of aliphatic hydroxyl groups excluding tert-OH is 1. The largest absolute Gasteiger partial charge is 0.396 e. The van der Waals surface area contributed by atoms with E-state index in [9.17, 15) is 19.5 Å². The number of rotatable bonds is 5. The summed E-state index contributed by atoms with van der Waals surface area (Å²) >= 11 is 0. The molecule has 6 rings (SSSR count). The van der Waals surface area contributed by atoms with Crippen molar-refractivity contribution in [1.29, 1.82) is 0 Å². The van der Waals surface area contributed by atoms with Crippen molar-refractivity contribution in [3.63, 3.8) is 0 Å². The average Bonchev–Trinajstić information content (AvgIpc) is 3.11. The number of pyridine rings is 1. The zero-order valence-corrected chi connectivity index (χ0v) is 18.2. The van der Waals surface area contributed by atoms with Crippen molar-refractivity contribution in [3.05, 3.63) is 53.2 Å². The third-order valence-corrected chi connectivity index (χ3v) is 7.71. The van der Waals surface area contributed by atoms with Crippen LogP contribution < -0.4 is 5.32 Å². The molecule has 3 aliphatic heterocycles. The van der Waals surface area contributed by atoms with Gasteiger partial charge in [0.15, 0.2) is 0 Å². The van der Waals surface area contributed by atoms with Crippen LogP contribution in [0.3, 0.4) is 0 Å². The first-order valence-corrected chi connectivity index (χ1v) is 11.6. The van der Waals surface area contributed by atoms with Crippen molar-refractivity contribution >= 4 is 17.7 Å². The minimum Gasteiger partial charge on any atom is -0.396 e. The first-order valence-electron chi connectivity index (χ1n) is 11.6. The number of fused-ring (bicyclic) bond motifs is 2. The predicted molar refractivity (Wildman–Crippen MR) is 119 cm³/mol. The van der Waals surface area contributed by atoms with E-state index in [0.29, 0.717) is 42.9 Å². The maximum Gasteiger partial charge on any atom is 0.255 e. The lowest BCUT2D eigenvalue weighted by Gasteiger charge is -2.29. The second-order valence-electron chi connectivity index (χ2n) is 9.69. The van der Waals surface area contributed by atoms with E-state index in [0.717, 1.165) is 36.5 Å². The molecule has 8 heteroatoms. The van der Waals surface area contributed by atoms with Gasteiger partial charge in [-0.05, 0) is 59.6 Å². The van der Waals surface area contributed by atoms with Crippen molar-refractivity contribution < 1.29 is 19.5 Å². The van der Waals surface area contributed by atoms with Gasteiger partial charge in [0, 0.05) is 56.5 Å². The van der Waals surface area contributed by atoms with Crippen LogP contribution in [0.25, 0.3) is 11.3 Å². The first-order chi connectivity index (χ1) is 16.0. The summed E-state index contributed by atoms with van der Waals surface area (Å²) in [4.78, 5) is 45.2. The molecule has 3 fully saturated rings. The van der Waals surface area contributed by atoms with E-state index in [1.165, 1.54) is 5.56 Å². The number of likely N-dealkylation sites (tertiary alicyclic amines) is 1. The normalized spacial score (nSPS) is 28.6. The summed E-state index contributed by atoms with van der Waals surface area (Å²) in [5.74, 6) is 0.958. The molecule has 1 aromatic heterocycles. The van der Waals surface area contributed by atoms with E-state index in [1.54, 1.807) is 4.90 Å². The number of imide groups is 1. The Morgan fingerprint density at radius 2 is 1.91 bits per heavy atom. The second-order valence-corrected chi connectivity index (χ2v) is 9.69. The van der Waals surface area contributed by atoms with Crippen LogP contribution in [0.2, 0.25) is 0 Å². The maximum atomic E-state index is 12.9. The number of aliphatic hydroxyl groups is 1. The minimum atomic E-state index is -0.607. The fraction of sp³-hybridized carbons (Fsp3) is 0.440. The molecule has 4 heterocycles. The van der Waals surface area contributed by atoms with Crippen LogP contribution in [0.5, 0.6) is 0 Å². The van der Waals surface area contributed by atoms with Crippen molar-refractivity contribution in [2.45, 2.75) is 32.0 Å². The van der Waals surface area contributed by atoms with Crippen LogP contribution in [0.1, 0.15) is 34.3 Å². The highest BCUT2D eigenvalue weighted by Crippen LogP contribution is 2.51. The zero-order valence-electron chi connectivity index (χ0n) is 18.2. The van der Waals surface area contributed by atoms with Gasteiger partial charge >= 0.3 is 0 Å². The Balaban J connectivity index is 1.17. The fourth-order valence-electron chi connectivity index (χ4n) is 5.86. The molecule has 2 N–H and O–H groups in total. The van der Waals surface area contributed by atoms with Crippen LogP contribution in [0, 0.1) is 17.8 Å². The highest BCUT2D eigenvalue weighted by Gasteiger charge is 2.54. The van der Waals surface area contributed by atoms with Gasteiger partial charge in [0.2, 0.25) is 11.8 Å². The number of carbonyl (C=O) groups excluding carboxylic acids is 3. The number of hydrogen-bond donors (Lipinski definition) is 2. The monoisotopic (exact) mass is 446 g/mol. The Hall–Kier alpha value is -3.10. The Labute approximate surface area is 191 Å². The summed E-state index contributed by atoms with van der Waals surface area (Å²) in [6.07, 6.45) is 2.43. The lowest BCUT2D eigenvalue weighted by Crippen LogP contribution is -2.52. The number of nitrogens with zero attached hydrogens (tertiary/aromatic N) is 3. The molecule has 2 saturated heterocycles. The summed E-state index contributed by atoms with van der Waals surface area (Å²) in [6.45, 7) is 3.63. The molecule has 2 aromatic rings. The average molecular weight is 447 g/mol. The molecule has 3 amide bonds. The van der Waals surface area contributed by atoms with Gasteiger partial charge in [0.05, 0.1) is 5.69 Å². The molecule has 0 spiro atoms. The first kappa shape index (κ1) is 20.5. The van der Waals surface area contributed by atoms with Gasteiger partial charge in [0.1, 0.15) is 6.04 Å². The summed E-state index contributed by atoms with van der Waals surface area (Å²) in [5, 5.41) is 11.7. The van der Waals surface area contributed by atoms with Gasteiger partial charge in [0.25, 0.3) is 5.91 Å². The molecule has 1 aromatic carbocycles. The van der Waals surface area contributed by atoms with Gasteiger partial charge in [-0.25, -0.2) is 0 Å². The lowest BCUT2D eigenvalue weighted by molar-refractivity contribution is -0.136. The van der Waals surface area contributed by atoms with E-state index in [1.807, 2.05) is 30.5 Å². The van der Waals surface area contributed by atoms with Crippen molar-refractivity contribution in [3.8, 4) is 11.3 Å². The Morgan fingerprint density at radius 3 is 2.67 bits per heavy atom. The zero-order chi connectivity index (χ0) is 22.7. The SMILES string of the molecule is O=C1CCC(N2Cc3cc(-c4cc(CN5CC6C(CO)C6C5)ccn4)ccc3C2=O)C(=O)N1. The van der Waals surface area contributed by atoms with Crippen molar-refractivity contribution in [2.24, 2.45) is 17.8 Å². The van der Waals surface area contributed by atoms with Gasteiger partial charge in [-0.15, -0.1) is 0 Å². The Morgan fingerprint density at radius 1 is 1.09 bits per heavy atom. The number of nitrogens with one attached hydrogen (secondary N) is 1. The summed E-state index contributed by atoms with van der Waals surface area (Å²) < 4.78 is 0. The molecule has 3 atom stereocenters. The quantitative estimate of drug-likeness (QED) is 0.669. The van der Waals surface area contributed by atoms with Gasteiger partial charge in [-0.1, -0.05) is 6.07 Å². The third kappa shape index (κ3) is 3.54. The van der Waals surface area contributed by atoms with Crippen LogP contribution in [0.4, 0.5) is 0 Å². The number of amides is 3. The molecule has 33 heavy (non-hydrogen) atoms. The van der Waals surface area contributed by atoms with Crippen LogP contribution in [-0.2, 0) is 22.7 Å². The van der Waals surface area contributed by atoms with Crippen LogP contribution in [0.15, 0.2) is 36.5 Å². The molecule has 3 unspecified atom stereocenters. The predicted octanol–water partition coefficient (Wildman–Crippen LogP) is 1.18. The molecule has 0 radical (unpaired) electrons. The van der Waals surface area contributed by atoms with E-state index in [2.05, 4.69) is 21.3 Å². The number of hydrogen-bond acceptors (Lipinski definition) is 6. The van der Waals surface area contributed by atoms with Crippen LogP contribution >= 0.6 is 0 Å². The number of aromatic nitrogens is 1. The van der Waals surface area contributed by atoms with Crippen molar-refractivity contribution in [1.82, 2.24) is 20.1 Å². The van der Waals surface area contributed by atoms with E-state index in [4.69, 9.17) is 0 Å². The van der Waals surface area contributed by atoms with Crippen LogP contribution in [-0.4, -0.2) is 63.4 Å². The van der Waals surface area contributed by atoms with E-state index >= 15 is 0 Å². The van der Waals surface area contributed by atoms with Gasteiger partial charge < -0.3 is 10.0 Å². The molecular formula is C25H26N4O4. The Bertz CT molecular complexity index is 1150. The van der Waals surface area contributed by atoms with E-state index in [-0.39, 0.29) is 18.2 Å². The molecular weight excluding hydrogens is 420 g/mol. The maximum absolute atomic E-state index is 12.9.